The van der Waals surface area contributed by atoms with Gasteiger partial charge < -0.3 is 0 Å². The van der Waals surface area contributed by atoms with Crippen molar-refractivity contribution >= 4 is 9.84 Å². The van der Waals surface area contributed by atoms with Crippen LogP contribution in [0.15, 0.2) is 0 Å². The van der Waals surface area contributed by atoms with Crippen molar-refractivity contribution in [2.75, 3.05) is 27.2 Å². The van der Waals surface area contributed by atoms with Gasteiger partial charge in [-0.15, -0.1) is 0 Å². The van der Waals surface area contributed by atoms with Gasteiger partial charge in [-0.25, -0.2) is 0 Å². The predicted octanol–water partition coefficient (Wildman–Crippen LogP) is -0.122. The van der Waals surface area contributed by atoms with E-state index in [4.69, 9.17) is 0 Å². The van der Waals surface area contributed by atoms with Crippen LogP contribution in [-0.4, -0.2) is 57.3 Å². The molecular weight excluding hydrogens is 166 g/mol. The molecule has 0 aromatic rings. The van der Waals surface area contributed by atoms with Crippen molar-refractivity contribution in [3.8, 4) is 0 Å². The first-order valence-electron chi connectivity index (χ1n) is 4.85. The van der Waals surface area contributed by atoms with Crippen molar-refractivity contribution in [2.45, 2.75) is 26.6 Å². The molecule has 3 nitrogen and oxygen atoms in total. The molecule has 1 saturated heterocycles. The summed E-state index contributed by atoms with van der Waals surface area (Å²) >= 11 is 0. The smallest absolute Gasteiger partial charge is 0.177 e. The van der Waals surface area contributed by atoms with Crippen molar-refractivity contribution in [3.63, 3.8) is 0 Å². The van der Waals surface area contributed by atoms with Gasteiger partial charge in [0.25, 0.3) is 0 Å². The summed E-state index contributed by atoms with van der Waals surface area (Å²) in [7, 11) is 4.43. The molecule has 0 aliphatic carbocycles. The highest BCUT2D eigenvalue weighted by Gasteiger charge is 2.34. The molecule has 0 bridgehead atoms. The number of hydrogen-bond donors (Lipinski definition) is 0. The van der Waals surface area contributed by atoms with Crippen molar-refractivity contribution in [2.24, 2.45) is 0 Å². The molecule has 1 aliphatic heterocycles. The molecule has 0 amide bonds. The lowest BCUT2D eigenvalue weighted by Gasteiger charge is -2.52. The molecule has 1 heterocycles. The highest BCUT2D eigenvalue weighted by Crippen LogP contribution is 2.16. The molecule has 12 heavy (non-hydrogen) atoms. The van der Waals surface area contributed by atoms with Crippen LogP contribution in [0.4, 0.5) is 0 Å². The summed E-state index contributed by atoms with van der Waals surface area (Å²) in [6.07, 6.45) is 1.86. The zero-order chi connectivity index (χ0) is 9.14. The molecule has 1 aliphatic rings. The van der Waals surface area contributed by atoms with Crippen molar-refractivity contribution in [1.29, 1.82) is 0 Å². The second kappa shape index (κ2) is 4.37. The van der Waals surface area contributed by atoms with E-state index in [1.165, 1.54) is 19.5 Å². The van der Waals surface area contributed by atoms with Crippen LogP contribution in [0.2, 0.25) is 0 Å². The van der Waals surface area contributed by atoms with E-state index in [2.05, 4.69) is 42.0 Å². The molecule has 0 aromatic heterocycles. The lowest BCUT2D eigenvalue weighted by Crippen LogP contribution is -2.70. The summed E-state index contributed by atoms with van der Waals surface area (Å²) < 4.78 is 5.12. The van der Waals surface area contributed by atoms with Crippen LogP contribution in [0, 0.1) is 0 Å². The molecule has 1 fully saturated rings. The van der Waals surface area contributed by atoms with E-state index < -0.39 is 0 Å². The summed E-state index contributed by atoms with van der Waals surface area (Å²) in [6, 6.07) is 0. The molecule has 1 rings (SSSR count). The maximum atomic E-state index is 2.61. The maximum Gasteiger partial charge on any atom is 0.177 e. The Kier molecular flexibility index (Phi) is 3.70. The fourth-order valence-electron chi connectivity index (χ4n) is 1.96. The first-order valence-corrected chi connectivity index (χ1v) is 6.11. The maximum absolute atomic E-state index is 2.61. The first-order chi connectivity index (χ1) is 5.70. The van der Waals surface area contributed by atoms with E-state index in [9.17, 15) is 0 Å². The van der Waals surface area contributed by atoms with Gasteiger partial charge in [-0.1, -0.05) is 13.8 Å². The SMILES string of the molecule is CCCN(C)C1N(C)[SiH2]N1CC. The fraction of sp³-hybridized carbons (Fsp3) is 1.00. The van der Waals surface area contributed by atoms with Crippen molar-refractivity contribution in [3.05, 3.63) is 0 Å². The Bertz CT molecular complexity index is 142. The van der Waals surface area contributed by atoms with E-state index in [0.717, 1.165) is 0 Å². The average molecular weight is 187 g/mol. The Morgan fingerprint density at radius 2 is 2.08 bits per heavy atom. The van der Waals surface area contributed by atoms with Crippen LogP contribution in [0.3, 0.4) is 0 Å². The van der Waals surface area contributed by atoms with Gasteiger partial charge in [0.05, 0.1) is 0 Å². The molecule has 0 aromatic carbocycles. The quantitative estimate of drug-likeness (QED) is 0.568. The summed E-state index contributed by atoms with van der Waals surface area (Å²) in [4.78, 5) is 2.44. The lowest BCUT2D eigenvalue weighted by atomic mass is 10.4. The van der Waals surface area contributed by atoms with Crippen LogP contribution in [0.1, 0.15) is 20.3 Å². The summed E-state index contributed by atoms with van der Waals surface area (Å²) in [5, 5.41) is 0. The standard InChI is InChI=1S/C8H21N3Si/c1-5-7-9(3)8-10(4)12-11(8)6-2/h8H,5-7,12H2,1-4H3. The lowest BCUT2D eigenvalue weighted by molar-refractivity contribution is -0.0121. The van der Waals surface area contributed by atoms with Gasteiger partial charge in [-0.3, -0.25) is 14.0 Å². The second-order valence-electron chi connectivity index (χ2n) is 3.63. The minimum absolute atomic E-state index is 0.0389. The van der Waals surface area contributed by atoms with Gasteiger partial charge >= 0.3 is 0 Å². The third kappa shape index (κ3) is 1.88. The predicted molar refractivity (Wildman–Crippen MR) is 55.4 cm³/mol. The second-order valence-corrected chi connectivity index (χ2v) is 5.72. The third-order valence-corrected chi connectivity index (χ3v) is 4.41. The fourth-order valence-corrected chi connectivity index (χ4v) is 3.79. The van der Waals surface area contributed by atoms with Crippen LogP contribution < -0.4 is 0 Å². The average Bonchev–Trinajstić information content (AvgIpc) is 2.00. The topological polar surface area (TPSA) is 9.72 Å². The molecule has 1 unspecified atom stereocenters. The van der Waals surface area contributed by atoms with Crippen LogP contribution in [-0.2, 0) is 0 Å². The van der Waals surface area contributed by atoms with Crippen LogP contribution in [0.5, 0.6) is 0 Å². The highest BCUT2D eigenvalue weighted by atomic mass is 28.2. The van der Waals surface area contributed by atoms with Gasteiger partial charge in [0.1, 0.15) is 6.29 Å². The van der Waals surface area contributed by atoms with E-state index in [1.807, 2.05) is 0 Å². The van der Waals surface area contributed by atoms with Gasteiger partial charge in [-0.05, 0) is 27.1 Å². The Hall–Kier alpha value is 0.0969. The minimum Gasteiger partial charge on any atom is -0.292 e. The largest absolute Gasteiger partial charge is 0.292 e. The van der Waals surface area contributed by atoms with Gasteiger partial charge in [0, 0.05) is 6.54 Å². The molecule has 1 atom stereocenters. The van der Waals surface area contributed by atoms with Crippen LogP contribution in [0.25, 0.3) is 0 Å². The first kappa shape index (κ1) is 10.2. The van der Waals surface area contributed by atoms with E-state index in [-0.39, 0.29) is 9.84 Å². The Morgan fingerprint density at radius 1 is 1.42 bits per heavy atom. The summed E-state index contributed by atoms with van der Waals surface area (Å²) in [5.41, 5.74) is 0. The number of rotatable bonds is 4. The molecule has 72 valence electrons. The molecule has 4 heteroatoms. The molecular formula is C8H21N3Si. The zero-order valence-electron chi connectivity index (χ0n) is 8.75. The third-order valence-electron chi connectivity index (χ3n) is 2.50. The Morgan fingerprint density at radius 3 is 2.50 bits per heavy atom. The Balaban J connectivity index is 2.37. The number of nitrogens with zero attached hydrogens (tertiary/aromatic N) is 3. The normalized spacial score (nSPS) is 28.2. The highest BCUT2D eigenvalue weighted by molar-refractivity contribution is 6.31. The van der Waals surface area contributed by atoms with E-state index in [1.54, 1.807) is 0 Å². The van der Waals surface area contributed by atoms with Gasteiger partial charge in [-0.2, -0.15) is 0 Å². The van der Waals surface area contributed by atoms with Gasteiger partial charge in [0.2, 0.25) is 0 Å². The van der Waals surface area contributed by atoms with Crippen molar-refractivity contribution in [1.82, 2.24) is 14.0 Å². The monoisotopic (exact) mass is 187 g/mol. The summed E-state index contributed by atoms with van der Waals surface area (Å²) in [5.74, 6) is 0. The molecule has 0 spiro atoms. The van der Waals surface area contributed by atoms with E-state index in [0.29, 0.717) is 6.29 Å². The molecule has 0 saturated carbocycles. The van der Waals surface area contributed by atoms with Crippen LogP contribution >= 0.6 is 0 Å². The van der Waals surface area contributed by atoms with E-state index >= 15 is 0 Å². The summed E-state index contributed by atoms with van der Waals surface area (Å²) in [6.45, 7) is 6.92. The molecule has 0 radical (unpaired) electrons. The number of hydrogen-bond acceptors (Lipinski definition) is 3. The van der Waals surface area contributed by atoms with Gasteiger partial charge in [0.15, 0.2) is 9.84 Å². The Labute approximate surface area is 78.3 Å². The zero-order valence-corrected chi connectivity index (χ0v) is 10.2. The molecule has 0 N–H and O–H groups in total. The van der Waals surface area contributed by atoms with Crippen molar-refractivity contribution < 1.29 is 0 Å². The minimum atomic E-state index is -0.0389.